The molecule has 2 aromatic carbocycles. The van der Waals surface area contributed by atoms with E-state index >= 15 is 0 Å². The third-order valence-corrected chi connectivity index (χ3v) is 4.36. The van der Waals surface area contributed by atoms with Crippen LogP contribution < -0.4 is 9.64 Å². The summed E-state index contributed by atoms with van der Waals surface area (Å²) in [6.45, 7) is 1.26. The van der Waals surface area contributed by atoms with Crippen molar-refractivity contribution in [3.63, 3.8) is 0 Å². The first-order chi connectivity index (χ1) is 12.6. The molecule has 1 heterocycles. The van der Waals surface area contributed by atoms with Crippen molar-refractivity contribution in [2.45, 2.75) is 19.4 Å². The fourth-order valence-corrected chi connectivity index (χ4v) is 2.95. The molecular weight excluding hydrogens is 336 g/mol. The normalized spacial score (nSPS) is 12.7. The predicted molar refractivity (Wildman–Crippen MR) is 96.4 cm³/mol. The number of carbonyl (C=O) groups is 1. The van der Waals surface area contributed by atoms with E-state index in [2.05, 4.69) is 0 Å². The second kappa shape index (κ2) is 7.97. The van der Waals surface area contributed by atoms with E-state index in [1.165, 1.54) is 12.1 Å². The van der Waals surface area contributed by atoms with Crippen LogP contribution in [0.25, 0.3) is 0 Å². The smallest absolute Gasteiger partial charge is 0.271 e. The van der Waals surface area contributed by atoms with Crippen molar-refractivity contribution in [1.29, 1.82) is 0 Å². The third kappa shape index (κ3) is 4.00. The molecular formula is C19H20N2O5. The maximum Gasteiger partial charge on any atom is 0.271 e. The first kappa shape index (κ1) is 17.9. The number of fused-ring (bicyclic) bond motifs is 1. The van der Waals surface area contributed by atoms with Crippen LogP contribution in [0.3, 0.4) is 0 Å². The minimum atomic E-state index is -0.445. The van der Waals surface area contributed by atoms with Gasteiger partial charge in [0, 0.05) is 18.7 Å². The molecule has 136 valence electrons. The van der Waals surface area contributed by atoms with E-state index in [4.69, 9.17) is 9.47 Å². The molecule has 0 aromatic heterocycles. The van der Waals surface area contributed by atoms with Crippen LogP contribution in [0.1, 0.15) is 17.5 Å². The lowest BCUT2D eigenvalue weighted by molar-refractivity contribution is -0.384. The molecule has 0 N–H and O–H groups in total. The fraction of sp³-hybridized carbons (Fsp3) is 0.316. The van der Waals surface area contributed by atoms with Crippen LogP contribution in [0.4, 0.5) is 11.4 Å². The minimum absolute atomic E-state index is 0.000735. The summed E-state index contributed by atoms with van der Waals surface area (Å²) < 4.78 is 10.7. The van der Waals surface area contributed by atoms with E-state index in [9.17, 15) is 14.9 Å². The number of hydrogen-bond donors (Lipinski definition) is 0. The Bertz CT molecular complexity index is 804. The molecule has 0 fully saturated rings. The SMILES string of the molecule is COc1ccc(COCCC(=O)N2CCc3ccc([N+](=O)[O-])cc32)cc1. The van der Waals surface area contributed by atoms with Crippen molar-refractivity contribution < 1.29 is 19.2 Å². The number of methoxy groups -OCH3 is 1. The van der Waals surface area contributed by atoms with Gasteiger partial charge in [0.1, 0.15) is 5.75 Å². The Balaban J connectivity index is 1.52. The number of anilines is 1. The molecule has 1 aliphatic heterocycles. The van der Waals surface area contributed by atoms with E-state index in [-0.39, 0.29) is 18.0 Å². The summed E-state index contributed by atoms with van der Waals surface area (Å²) in [5.74, 6) is 0.699. The van der Waals surface area contributed by atoms with Crippen LogP contribution in [-0.4, -0.2) is 31.1 Å². The van der Waals surface area contributed by atoms with E-state index < -0.39 is 4.92 Å². The summed E-state index contributed by atoms with van der Waals surface area (Å²) in [5.41, 5.74) is 2.60. The topological polar surface area (TPSA) is 81.9 Å². The molecule has 0 unspecified atom stereocenters. The van der Waals surface area contributed by atoms with Gasteiger partial charge in [0.2, 0.25) is 5.91 Å². The summed E-state index contributed by atoms with van der Waals surface area (Å²) in [7, 11) is 1.61. The van der Waals surface area contributed by atoms with Crippen molar-refractivity contribution in [2.24, 2.45) is 0 Å². The Labute approximate surface area is 151 Å². The predicted octanol–water partition coefficient (Wildman–Crippen LogP) is 3.10. The van der Waals surface area contributed by atoms with Crippen molar-refractivity contribution in [1.82, 2.24) is 0 Å². The van der Waals surface area contributed by atoms with Gasteiger partial charge in [-0.1, -0.05) is 18.2 Å². The van der Waals surface area contributed by atoms with Gasteiger partial charge in [-0.2, -0.15) is 0 Å². The Kier molecular flexibility index (Phi) is 5.48. The third-order valence-electron chi connectivity index (χ3n) is 4.36. The summed E-state index contributed by atoms with van der Waals surface area (Å²) in [4.78, 5) is 24.5. The number of nitro groups is 1. The van der Waals surface area contributed by atoms with Gasteiger partial charge in [-0.25, -0.2) is 0 Å². The lowest BCUT2D eigenvalue weighted by Gasteiger charge is -2.17. The number of amides is 1. The minimum Gasteiger partial charge on any atom is -0.497 e. The van der Waals surface area contributed by atoms with Crippen LogP contribution in [0.15, 0.2) is 42.5 Å². The number of carbonyl (C=O) groups excluding carboxylic acids is 1. The Morgan fingerprint density at radius 2 is 2.00 bits per heavy atom. The number of ether oxygens (including phenoxy) is 2. The summed E-state index contributed by atoms with van der Waals surface area (Å²) >= 11 is 0. The highest BCUT2D eigenvalue weighted by molar-refractivity contribution is 5.95. The zero-order chi connectivity index (χ0) is 18.5. The number of nitrogens with zero attached hydrogens (tertiary/aromatic N) is 2. The van der Waals surface area contributed by atoms with Gasteiger partial charge < -0.3 is 14.4 Å². The number of nitro benzene ring substituents is 1. The zero-order valence-corrected chi connectivity index (χ0v) is 14.5. The summed E-state index contributed by atoms with van der Waals surface area (Å²) in [6.07, 6.45) is 0.948. The Morgan fingerprint density at radius 1 is 1.23 bits per heavy atom. The molecule has 0 bridgehead atoms. The molecule has 7 nitrogen and oxygen atoms in total. The molecule has 7 heteroatoms. The molecule has 3 rings (SSSR count). The van der Waals surface area contributed by atoms with Crippen molar-refractivity contribution >= 4 is 17.3 Å². The second-order valence-corrected chi connectivity index (χ2v) is 6.02. The second-order valence-electron chi connectivity index (χ2n) is 6.02. The Hall–Kier alpha value is -2.93. The highest BCUT2D eigenvalue weighted by atomic mass is 16.6. The van der Waals surface area contributed by atoms with E-state index in [0.717, 1.165) is 16.9 Å². The lowest BCUT2D eigenvalue weighted by Crippen LogP contribution is -2.29. The first-order valence-electron chi connectivity index (χ1n) is 8.37. The van der Waals surface area contributed by atoms with E-state index in [1.54, 1.807) is 18.1 Å². The van der Waals surface area contributed by atoms with Crippen LogP contribution in [0, 0.1) is 10.1 Å². The number of hydrogen-bond acceptors (Lipinski definition) is 5. The fourth-order valence-electron chi connectivity index (χ4n) is 2.95. The first-order valence-corrected chi connectivity index (χ1v) is 8.37. The number of non-ortho nitro benzene ring substituents is 1. The molecule has 0 saturated carbocycles. The lowest BCUT2D eigenvalue weighted by atomic mass is 10.1. The quantitative estimate of drug-likeness (QED) is 0.432. The standard InChI is InChI=1S/C19H20N2O5/c1-25-17-6-2-14(3-7-17)13-26-11-9-19(22)20-10-8-15-4-5-16(21(23)24)12-18(15)20/h2-7,12H,8-11,13H2,1H3. The van der Waals surface area contributed by atoms with Gasteiger partial charge in [0.25, 0.3) is 5.69 Å². The van der Waals surface area contributed by atoms with Crippen molar-refractivity contribution in [2.75, 3.05) is 25.2 Å². The summed E-state index contributed by atoms with van der Waals surface area (Å²) in [6, 6.07) is 12.2. The molecule has 0 atom stereocenters. The molecule has 1 aliphatic rings. The van der Waals surface area contributed by atoms with Crippen LogP contribution >= 0.6 is 0 Å². The summed E-state index contributed by atoms with van der Waals surface area (Å²) in [5, 5.41) is 10.9. The van der Waals surface area contributed by atoms with Gasteiger partial charge in [0.15, 0.2) is 0 Å². The Morgan fingerprint density at radius 3 is 2.69 bits per heavy atom. The van der Waals surface area contributed by atoms with Crippen molar-refractivity contribution in [3.8, 4) is 5.75 Å². The number of rotatable bonds is 7. The molecule has 1 amide bonds. The highest BCUT2D eigenvalue weighted by Gasteiger charge is 2.26. The largest absolute Gasteiger partial charge is 0.497 e. The average molecular weight is 356 g/mol. The molecule has 0 saturated heterocycles. The van der Waals surface area contributed by atoms with Gasteiger partial charge in [-0.05, 0) is 29.7 Å². The van der Waals surface area contributed by atoms with Gasteiger partial charge in [-0.3, -0.25) is 14.9 Å². The maximum atomic E-state index is 12.4. The molecule has 2 aromatic rings. The van der Waals surface area contributed by atoms with Crippen LogP contribution in [0.2, 0.25) is 0 Å². The molecule has 26 heavy (non-hydrogen) atoms. The van der Waals surface area contributed by atoms with Gasteiger partial charge >= 0.3 is 0 Å². The van der Waals surface area contributed by atoms with Crippen LogP contribution in [-0.2, 0) is 22.6 Å². The van der Waals surface area contributed by atoms with Crippen molar-refractivity contribution in [3.05, 3.63) is 63.7 Å². The zero-order valence-electron chi connectivity index (χ0n) is 14.5. The van der Waals surface area contributed by atoms with Gasteiger partial charge in [0.05, 0.1) is 37.4 Å². The highest BCUT2D eigenvalue weighted by Crippen LogP contribution is 2.32. The van der Waals surface area contributed by atoms with Crippen LogP contribution in [0.5, 0.6) is 5.75 Å². The molecule has 0 radical (unpaired) electrons. The van der Waals surface area contributed by atoms with Gasteiger partial charge in [-0.15, -0.1) is 0 Å². The molecule has 0 spiro atoms. The van der Waals surface area contributed by atoms with E-state index in [0.29, 0.717) is 31.9 Å². The van der Waals surface area contributed by atoms with E-state index in [1.807, 2.05) is 24.3 Å². The monoisotopic (exact) mass is 356 g/mol. The average Bonchev–Trinajstić information content (AvgIpc) is 3.08. The number of benzene rings is 2. The molecule has 0 aliphatic carbocycles. The maximum absolute atomic E-state index is 12.4.